The van der Waals surface area contributed by atoms with E-state index in [1.807, 2.05) is 61.7 Å². The van der Waals surface area contributed by atoms with E-state index in [-0.39, 0.29) is 17.7 Å². The first-order chi connectivity index (χ1) is 12.0. The van der Waals surface area contributed by atoms with E-state index < -0.39 is 0 Å². The van der Waals surface area contributed by atoms with E-state index in [4.69, 9.17) is 4.42 Å². The van der Waals surface area contributed by atoms with Gasteiger partial charge in [0.05, 0.1) is 17.7 Å². The highest BCUT2D eigenvalue weighted by molar-refractivity contribution is 7.99. The summed E-state index contributed by atoms with van der Waals surface area (Å²) in [7, 11) is 0. The Morgan fingerprint density at radius 1 is 1.28 bits per heavy atom. The molecule has 130 valence electrons. The zero-order valence-corrected chi connectivity index (χ0v) is 15.2. The summed E-state index contributed by atoms with van der Waals surface area (Å²) in [6.07, 6.45) is 1.60. The molecule has 1 amide bonds. The van der Waals surface area contributed by atoms with Gasteiger partial charge in [-0.1, -0.05) is 23.9 Å². The summed E-state index contributed by atoms with van der Waals surface area (Å²) in [5, 5.41) is 12.1. The maximum atomic E-state index is 12.0. The molecule has 0 aliphatic carbocycles. The number of hydrogen-bond donors (Lipinski definition) is 1. The van der Waals surface area contributed by atoms with E-state index in [0.29, 0.717) is 16.7 Å². The molecule has 0 atom stereocenters. The minimum absolute atomic E-state index is 0.0293. The molecule has 0 spiro atoms. The number of furan rings is 1. The van der Waals surface area contributed by atoms with Crippen molar-refractivity contribution in [1.29, 1.82) is 0 Å². The van der Waals surface area contributed by atoms with Crippen molar-refractivity contribution in [2.75, 3.05) is 5.75 Å². The molecule has 0 unspecified atom stereocenters. The van der Waals surface area contributed by atoms with E-state index in [9.17, 15) is 4.79 Å². The number of rotatable bonds is 6. The highest BCUT2D eigenvalue weighted by Crippen LogP contribution is 2.28. The molecular weight excluding hydrogens is 336 g/mol. The fourth-order valence-corrected chi connectivity index (χ4v) is 3.19. The van der Waals surface area contributed by atoms with Crippen molar-refractivity contribution in [3.05, 3.63) is 48.2 Å². The Hall–Kier alpha value is -2.54. The maximum Gasteiger partial charge on any atom is 0.230 e. The zero-order chi connectivity index (χ0) is 17.8. The van der Waals surface area contributed by atoms with Gasteiger partial charge in [0.2, 0.25) is 11.7 Å². The maximum absolute atomic E-state index is 12.0. The number of carbonyl (C=O) groups is 1. The average molecular weight is 356 g/mol. The lowest BCUT2D eigenvalue weighted by Crippen LogP contribution is -2.31. The Morgan fingerprint density at radius 3 is 2.80 bits per heavy atom. The molecular formula is C18H20N4O2S. The smallest absolute Gasteiger partial charge is 0.230 e. The lowest BCUT2D eigenvalue weighted by atomic mass is 10.2. The molecule has 25 heavy (non-hydrogen) atoms. The van der Waals surface area contributed by atoms with Gasteiger partial charge in [0.1, 0.15) is 0 Å². The van der Waals surface area contributed by atoms with Gasteiger partial charge in [0.15, 0.2) is 10.9 Å². The number of nitrogens with one attached hydrogen (secondary N) is 1. The predicted octanol–water partition coefficient (Wildman–Crippen LogP) is 3.45. The van der Waals surface area contributed by atoms with Crippen LogP contribution in [0.25, 0.3) is 17.3 Å². The van der Waals surface area contributed by atoms with Crippen molar-refractivity contribution in [2.24, 2.45) is 0 Å². The number of thioether (sulfide) groups is 1. The number of carbonyl (C=O) groups excluding carboxylic acids is 1. The summed E-state index contributed by atoms with van der Waals surface area (Å²) in [4.78, 5) is 12.0. The molecule has 0 saturated heterocycles. The molecule has 3 aromatic rings. The van der Waals surface area contributed by atoms with Gasteiger partial charge in [-0.05, 0) is 50.6 Å². The van der Waals surface area contributed by atoms with Crippen LogP contribution in [-0.4, -0.2) is 32.5 Å². The van der Waals surface area contributed by atoms with Crippen LogP contribution in [0.1, 0.15) is 19.4 Å². The molecule has 1 N–H and O–H groups in total. The van der Waals surface area contributed by atoms with Gasteiger partial charge in [-0.2, -0.15) is 0 Å². The van der Waals surface area contributed by atoms with Gasteiger partial charge in [-0.3, -0.25) is 9.36 Å². The lowest BCUT2D eigenvalue weighted by molar-refractivity contribution is -0.119. The summed E-state index contributed by atoms with van der Waals surface area (Å²) < 4.78 is 7.41. The molecule has 0 bridgehead atoms. The number of benzene rings is 1. The number of aryl methyl sites for hydroxylation is 1. The second-order valence-electron chi connectivity index (χ2n) is 5.97. The van der Waals surface area contributed by atoms with E-state index in [1.165, 1.54) is 11.8 Å². The monoisotopic (exact) mass is 356 g/mol. The van der Waals surface area contributed by atoms with E-state index >= 15 is 0 Å². The Balaban J connectivity index is 1.94. The van der Waals surface area contributed by atoms with Crippen LogP contribution < -0.4 is 5.32 Å². The summed E-state index contributed by atoms with van der Waals surface area (Å²) in [5.74, 6) is 1.49. The Morgan fingerprint density at radius 2 is 2.12 bits per heavy atom. The molecule has 0 aliphatic rings. The van der Waals surface area contributed by atoms with Gasteiger partial charge in [0, 0.05) is 6.04 Å². The van der Waals surface area contributed by atoms with Crippen LogP contribution in [0, 0.1) is 6.92 Å². The molecule has 0 saturated carbocycles. The quantitative estimate of drug-likeness (QED) is 0.685. The standard InChI is InChI=1S/C18H20N4O2S/c1-12(2)19-16(23)11-25-18-21-20-17(15-8-5-9-24-15)22(18)14-7-4-6-13(3)10-14/h4-10,12H,11H2,1-3H3,(H,19,23). The molecule has 7 heteroatoms. The minimum atomic E-state index is -0.0293. The summed E-state index contributed by atoms with van der Waals surface area (Å²) >= 11 is 1.35. The van der Waals surface area contributed by atoms with E-state index in [1.54, 1.807) is 6.26 Å². The highest BCUT2D eigenvalue weighted by atomic mass is 32.2. The van der Waals surface area contributed by atoms with Gasteiger partial charge >= 0.3 is 0 Å². The molecule has 2 aromatic heterocycles. The first kappa shape index (κ1) is 17.3. The minimum Gasteiger partial charge on any atom is -0.461 e. The van der Waals surface area contributed by atoms with Crippen LogP contribution in [-0.2, 0) is 4.79 Å². The molecule has 0 fully saturated rings. The van der Waals surface area contributed by atoms with Crippen LogP contribution in [0.5, 0.6) is 0 Å². The van der Waals surface area contributed by atoms with E-state index in [2.05, 4.69) is 15.5 Å². The molecule has 3 rings (SSSR count). The fourth-order valence-electron chi connectivity index (χ4n) is 2.42. The van der Waals surface area contributed by atoms with Crippen LogP contribution in [0.15, 0.2) is 52.2 Å². The van der Waals surface area contributed by atoms with Gasteiger partial charge < -0.3 is 9.73 Å². The van der Waals surface area contributed by atoms with Crippen molar-refractivity contribution >= 4 is 17.7 Å². The molecule has 2 heterocycles. The SMILES string of the molecule is Cc1cccc(-n2c(SCC(=O)NC(C)C)nnc2-c2ccco2)c1. The van der Waals surface area contributed by atoms with Crippen molar-refractivity contribution in [2.45, 2.75) is 32.0 Å². The zero-order valence-electron chi connectivity index (χ0n) is 14.4. The third-order valence-electron chi connectivity index (χ3n) is 3.42. The second kappa shape index (κ2) is 7.57. The Labute approximate surface area is 150 Å². The Bertz CT molecular complexity index is 856. The number of amides is 1. The molecule has 1 aromatic carbocycles. The van der Waals surface area contributed by atoms with Crippen LogP contribution in [0.3, 0.4) is 0 Å². The Kier molecular flexibility index (Phi) is 5.23. The van der Waals surface area contributed by atoms with Gasteiger partial charge in [-0.25, -0.2) is 0 Å². The third kappa shape index (κ3) is 4.11. The molecule has 6 nitrogen and oxygen atoms in total. The van der Waals surface area contributed by atoms with Crippen molar-refractivity contribution in [1.82, 2.24) is 20.1 Å². The normalized spacial score (nSPS) is 11.0. The number of aromatic nitrogens is 3. The number of hydrogen-bond acceptors (Lipinski definition) is 5. The van der Waals surface area contributed by atoms with E-state index in [0.717, 1.165) is 11.3 Å². The third-order valence-corrected chi connectivity index (χ3v) is 4.35. The lowest BCUT2D eigenvalue weighted by Gasteiger charge is -2.11. The van der Waals surface area contributed by atoms with Crippen molar-refractivity contribution < 1.29 is 9.21 Å². The van der Waals surface area contributed by atoms with Gasteiger partial charge in [-0.15, -0.1) is 10.2 Å². The van der Waals surface area contributed by atoms with Crippen LogP contribution in [0.4, 0.5) is 0 Å². The first-order valence-electron chi connectivity index (χ1n) is 8.03. The molecule has 0 aliphatic heterocycles. The largest absolute Gasteiger partial charge is 0.461 e. The van der Waals surface area contributed by atoms with Gasteiger partial charge in [0.25, 0.3) is 0 Å². The fraction of sp³-hybridized carbons (Fsp3) is 0.278. The molecule has 0 radical (unpaired) electrons. The van der Waals surface area contributed by atoms with Crippen molar-refractivity contribution in [3.8, 4) is 17.3 Å². The predicted molar refractivity (Wildman–Crippen MR) is 97.8 cm³/mol. The van der Waals surface area contributed by atoms with Crippen LogP contribution in [0.2, 0.25) is 0 Å². The van der Waals surface area contributed by atoms with Crippen LogP contribution >= 0.6 is 11.8 Å². The summed E-state index contributed by atoms with van der Waals surface area (Å²) in [6, 6.07) is 11.8. The first-order valence-corrected chi connectivity index (χ1v) is 9.01. The average Bonchev–Trinajstić information content (AvgIpc) is 3.21. The highest BCUT2D eigenvalue weighted by Gasteiger charge is 2.19. The topological polar surface area (TPSA) is 73.0 Å². The second-order valence-corrected chi connectivity index (χ2v) is 6.91. The summed E-state index contributed by atoms with van der Waals surface area (Å²) in [5.41, 5.74) is 2.06. The summed E-state index contributed by atoms with van der Waals surface area (Å²) in [6.45, 7) is 5.91. The van der Waals surface area contributed by atoms with Crippen molar-refractivity contribution in [3.63, 3.8) is 0 Å². The number of nitrogens with zero attached hydrogens (tertiary/aromatic N) is 3.